The molecule has 0 N–H and O–H groups in total. The zero-order chi connectivity index (χ0) is 19.2. The molecule has 1 fully saturated rings. The normalized spacial score (nSPS) is 18.0. The molecule has 1 amide bonds. The fraction of sp³-hybridized carbons (Fsp3) is 0.421. The third-order valence-electron chi connectivity index (χ3n) is 5.42. The lowest BCUT2D eigenvalue weighted by Gasteiger charge is -2.32. The van der Waals surface area contributed by atoms with Gasteiger partial charge in [-0.1, -0.05) is 18.2 Å². The average molecular weight is 388 g/mol. The minimum atomic E-state index is -3.69. The van der Waals surface area contributed by atoms with Crippen molar-refractivity contribution in [3.05, 3.63) is 47.8 Å². The standard InChI is InChI=1S/C19H24N4O3S/c1-20-9-11-22(12-10-20)19(24)18-13-16(14-21(18)2)27(25,26)23-8-7-15-5-3-4-6-17(15)23/h3-6,13-14H,7-12H2,1-2H3. The molecule has 0 unspecified atom stereocenters. The van der Waals surface area contributed by atoms with Crippen LogP contribution in [0.3, 0.4) is 0 Å². The van der Waals surface area contributed by atoms with Gasteiger partial charge in [-0.3, -0.25) is 9.10 Å². The van der Waals surface area contributed by atoms with Crippen LogP contribution in [0.2, 0.25) is 0 Å². The molecule has 4 rings (SSSR count). The zero-order valence-electron chi connectivity index (χ0n) is 15.6. The fourth-order valence-electron chi connectivity index (χ4n) is 3.74. The van der Waals surface area contributed by atoms with E-state index in [9.17, 15) is 13.2 Å². The van der Waals surface area contributed by atoms with Gasteiger partial charge in [0.1, 0.15) is 10.6 Å². The predicted molar refractivity (Wildman–Crippen MR) is 103 cm³/mol. The van der Waals surface area contributed by atoms with Crippen molar-refractivity contribution in [2.24, 2.45) is 7.05 Å². The van der Waals surface area contributed by atoms with Gasteiger partial charge >= 0.3 is 0 Å². The van der Waals surface area contributed by atoms with Crippen LogP contribution in [0.5, 0.6) is 0 Å². The van der Waals surface area contributed by atoms with Gasteiger partial charge in [-0.2, -0.15) is 0 Å². The monoisotopic (exact) mass is 388 g/mol. The second kappa shape index (κ2) is 6.69. The topological polar surface area (TPSA) is 65.9 Å². The summed E-state index contributed by atoms with van der Waals surface area (Å²) in [5.74, 6) is -0.117. The minimum absolute atomic E-state index is 0.117. The lowest BCUT2D eigenvalue weighted by Crippen LogP contribution is -2.47. The summed E-state index contributed by atoms with van der Waals surface area (Å²) >= 11 is 0. The van der Waals surface area contributed by atoms with E-state index in [0.717, 1.165) is 24.3 Å². The van der Waals surface area contributed by atoms with Crippen LogP contribution in [0.1, 0.15) is 16.1 Å². The van der Waals surface area contributed by atoms with Gasteiger partial charge in [-0.05, 0) is 31.2 Å². The van der Waals surface area contributed by atoms with E-state index < -0.39 is 10.0 Å². The highest BCUT2D eigenvalue weighted by Gasteiger charge is 2.33. The van der Waals surface area contributed by atoms with Crippen molar-refractivity contribution in [1.29, 1.82) is 0 Å². The number of piperazine rings is 1. The molecule has 8 heteroatoms. The van der Waals surface area contributed by atoms with Gasteiger partial charge in [-0.15, -0.1) is 0 Å². The lowest BCUT2D eigenvalue weighted by molar-refractivity contribution is 0.0654. The van der Waals surface area contributed by atoms with E-state index in [1.54, 1.807) is 22.7 Å². The average Bonchev–Trinajstić information content (AvgIpc) is 3.26. The maximum absolute atomic E-state index is 13.2. The van der Waals surface area contributed by atoms with Gasteiger partial charge in [0, 0.05) is 46.0 Å². The van der Waals surface area contributed by atoms with Crippen LogP contribution in [-0.4, -0.2) is 68.5 Å². The number of benzene rings is 1. The number of carbonyl (C=O) groups is 1. The molecule has 0 atom stereocenters. The number of hydrogen-bond acceptors (Lipinski definition) is 4. The maximum Gasteiger partial charge on any atom is 0.270 e. The molecular formula is C19H24N4O3S. The molecule has 0 radical (unpaired) electrons. The number of amides is 1. The van der Waals surface area contributed by atoms with Crippen LogP contribution in [0.15, 0.2) is 41.4 Å². The molecule has 3 heterocycles. The van der Waals surface area contributed by atoms with Crippen LogP contribution < -0.4 is 4.31 Å². The molecule has 2 aliphatic rings. The number of para-hydroxylation sites is 1. The Hall–Kier alpha value is -2.32. The van der Waals surface area contributed by atoms with E-state index in [0.29, 0.717) is 31.7 Å². The van der Waals surface area contributed by atoms with E-state index in [2.05, 4.69) is 4.90 Å². The Morgan fingerprint density at radius 2 is 1.70 bits per heavy atom. The van der Waals surface area contributed by atoms with Crippen molar-refractivity contribution < 1.29 is 13.2 Å². The Morgan fingerprint density at radius 3 is 2.44 bits per heavy atom. The van der Waals surface area contributed by atoms with Crippen molar-refractivity contribution in [1.82, 2.24) is 14.4 Å². The Bertz CT molecular complexity index is 975. The minimum Gasteiger partial charge on any atom is -0.345 e. The third kappa shape index (κ3) is 3.12. The molecule has 7 nitrogen and oxygen atoms in total. The van der Waals surface area contributed by atoms with E-state index in [4.69, 9.17) is 0 Å². The fourth-order valence-corrected chi connectivity index (χ4v) is 5.32. The highest BCUT2D eigenvalue weighted by molar-refractivity contribution is 7.92. The molecule has 1 saturated heterocycles. The molecular weight excluding hydrogens is 364 g/mol. The Kier molecular flexibility index (Phi) is 4.47. The number of anilines is 1. The molecule has 0 aliphatic carbocycles. The number of aromatic nitrogens is 1. The van der Waals surface area contributed by atoms with Crippen LogP contribution in [0.25, 0.3) is 0 Å². The summed E-state index contributed by atoms with van der Waals surface area (Å²) in [6, 6.07) is 9.07. The zero-order valence-corrected chi connectivity index (χ0v) is 16.4. The molecule has 2 aromatic rings. The molecule has 27 heavy (non-hydrogen) atoms. The van der Waals surface area contributed by atoms with Crippen molar-refractivity contribution in [2.45, 2.75) is 11.3 Å². The van der Waals surface area contributed by atoms with Crippen LogP contribution in [-0.2, 0) is 23.5 Å². The molecule has 144 valence electrons. The van der Waals surface area contributed by atoms with Gasteiger partial charge in [0.15, 0.2) is 0 Å². The number of rotatable bonds is 3. The van der Waals surface area contributed by atoms with Crippen molar-refractivity contribution in [2.75, 3.05) is 44.1 Å². The van der Waals surface area contributed by atoms with Gasteiger partial charge in [-0.25, -0.2) is 8.42 Å². The molecule has 2 aliphatic heterocycles. The highest BCUT2D eigenvalue weighted by Crippen LogP contribution is 2.33. The summed E-state index contributed by atoms with van der Waals surface area (Å²) in [5, 5.41) is 0. The number of hydrogen-bond donors (Lipinski definition) is 0. The molecule has 0 saturated carbocycles. The van der Waals surface area contributed by atoms with E-state index in [1.807, 2.05) is 31.3 Å². The second-order valence-corrected chi connectivity index (χ2v) is 9.09. The van der Waals surface area contributed by atoms with Crippen molar-refractivity contribution in [3.8, 4) is 0 Å². The SMILES string of the molecule is CN1CCN(C(=O)c2cc(S(=O)(=O)N3CCc4ccccc43)cn2C)CC1. The summed E-state index contributed by atoms with van der Waals surface area (Å²) in [6.07, 6.45) is 2.24. The maximum atomic E-state index is 13.2. The summed E-state index contributed by atoms with van der Waals surface area (Å²) in [7, 11) is 0.0599. The first-order valence-electron chi connectivity index (χ1n) is 9.13. The number of carbonyl (C=O) groups excluding carboxylic acids is 1. The number of nitrogens with zero attached hydrogens (tertiary/aromatic N) is 4. The van der Waals surface area contributed by atoms with E-state index in [-0.39, 0.29) is 10.8 Å². The summed E-state index contributed by atoms with van der Waals surface area (Å²) in [4.78, 5) is 17.0. The first-order chi connectivity index (χ1) is 12.9. The highest BCUT2D eigenvalue weighted by atomic mass is 32.2. The van der Waals surface area contributed by atoms with Gasteiger partial charge < -0.3 is 14.4 Å². The molecule has 0 spiro atoms. The van der Waals surface area contributed by atoms with Crippen LogP contribution in [0, 0.1) is 0 Å². The van der Waals surface area contributed by atoms with Crippen LogP contribution in [0.4, 0.5) is 5.69 Å². The largest absolute Gasteiger partial charge is 0.345 e. The number of likely N-dealkylation sites (N-methyl/N-ethyl adjacent to an activating group) is 1. The quantitative estimate of drug-likeness (QED) is 0.792. The first kappa shape index (κ1) is 18.1. The second-order valence-electron chi connectivity index (χ2n) is 7.22. The first-order valence-corrected chi connectivity index (χ1v) is 10.6. The van der Waals surface area contributed by atoms with Gasteiger partial charge in [0.25, 0.3) is 15.9 Å². The van der Waals surface area contributed by atoms with Crippen molar-refractivity contribution >= 4 is 21.6 Å². The third-order valence-corrected chi connectivity index (χ3v) is 7.20. The van der Waals surface area contributed by atoms with E-state index in [1.165, 1.54) is 10.4 Å². The number of aryl methyl sites for hydroxylation is 1. The summed E-state index contributed by atoms with van der Waals surface area (Å²) in [6.45, 7) is 3.39. The van der Waals surface area contributed by atoms with Gasteiger partial charge in [0.05, 0.1) is 5.69 Å². The molecule has 1 aromatic carbocycles. The number of sulfonamides is 1. The van der Waals surface area contributed by atoms with Crippen LogP contribution >= 0.6 is 0 Å². The summed E-state index contributed by atoms with van der Waals surface area (Å²) < 4.78 is 29.4. The lowest BCUT2D eigenvalue weighted by atomic mass is 10.2. The Balaban J connectivity index is 1.62. The Morgan fingerprint density at radius 1 is 1.00 bits per heavy atom. The Labute approximate surface area is 159 Å². The summed E-state index contributed by atoms with van der Waals surface area (Å²) in [5.41, 5.74) is 2.17. The van der Waals surface area contributed by atoms with Crippen molar-refractivity contribution in [3.63, 3.8) is 0 Å². The smallest absolute Gasteiger partial charge is 0.270 e. The van der Waals surface area contributed by atoms with Gasteiger partial charge in [0.2, 0.25) is 0 Å². The molecule has 0 bridgehead atoms. The van der Waals surface area contributed by atoms with E-state index >= 15 is 0 Å². The molecule has 1 aromatic heterocycles. The predicted octanol–water partition coefficient (Wildman–Crippen LogP) is 1.16. The number of fused-ring (bicyclic) bond motifs is 1.